The highest BCUT2D eigenvalue weighted by Crippen LogP contribution is 2.43. The first-order valence-electron chi connectivity index (χ1n) is 6.74. The van der Waals surface area contributed by atoms with Gasteiger partial charge in [0.2, 0.25) is 5.56 Å². The third kappa shape index (κ3) is 2.01. The lowest BCUT2D eigenvalue weighted by Gasteiger charge is -2.35. The van der Waals surface area contributed by atoms with Crippen LogP contribution in [0.5, 0.6) is 0 Å². The Bertz CT molecular complexity index is 628. The first-order chi connectivity index (χ1) is 9.08. The van der Waals surface area contributed by atoms with Crippen LogP contribution >= 0.6 is 0 Å². The lowest BCUT2D eigenvalue weighted by atomic mass is 9.70. The number of nitrogens with one attached hydrogen (secondary N) is 2. The molecule has 1 aromatic heterocycles. The molecule has 2 aliphatic carbocycles. The van der Waals surface area contributed by atoms with Gasteiger partial charge >= 0.3 is 0 Å². The molecule has 2 atom stereocenters. The average Bonchev–Trinajstić information content (AvgIpc) is 2.35. The van der Waals surface area contributed by atoms with Crippen LogP contribution in [0.1, 0.15) is 47.3 Å². The highest BCUT2D eigenvalue weighted by molar-refractivity contribution is 5.95. The summed E-state index contributed by atoms with van der Waals surface area (Å²) in [4.78, 5) is 26.6. The maximum Gasteiger partial charge on any atom is 0.251 e. The molecule has 0 spiro atoms. The number of pyridine rings is 1. The number of hydrogen-bond acceptors (Lipinski definition) is 2. The molecule has 1 aromatic rings. The summed E-state index contributed by atoms with van der Waals surface area (Å²) < 4.78 is 0. The number of aromatic amines is 1. The zero-order valence-electron chi connectivity index (χ0n) is 11.2. The van der Waals surface area contributed by atoms with E-state index in [2.05, 4.69) is 23.3 Å². The van der Waals surface area contributed by atoms with Crippen molar-refractivity contribution >= 4 is 5.91 Å². The lowest BCUT2D eigenvalue weighted by Crippen LogP contribution is -2.31. The summed E-state index contributed by atoms with van der Waals surface area (Å²) in [6, 6.07) is 1.44. The van der Waals surface area contributed by atoms with E-state index in [1.165, 1.54) is 11.6 Å². The Morgan fingerprint density at radius 3 is 2.95 bits per heavy atom. The molecule has 100 valence electrons. The van der Waals surface area contributed by atoms with Crippen LogP contribution in [0.25, 0.3) is 0 Å². The van der Waals surface area contributed by atoms with Crippen molar-refractivity contribution in [3.8, 4) is 0 Å². The minimum absolute atomic E-state index is 0.159. The van der Waals surface area contributed by atoms with Crippen LogP contribution in [0, 0.1) is 5.92 Å². The number of H-pyrrole nitrogens is 1. The second-order valence-corrected chi connectivity index (χ2v) is 5.63. The van der Waals surface area contributed by atoms with Gasteiger partial charge in [-0.05, 0) is 43.6 Å². The van der Waals surface area contributed by atoms with E-state index < -0.39 is 0 Å². The molecule has 0 saturated carbocycles. The van der Waals surface area contributed by atoms with Gasteiger partial charge in [-0.3, -0.25) is 9.59 Å². The summed E-state index contributed by atoms with van der Waals surface area (Å²) in [5.74, 6) is 0.706. The molecule has 2 aliphatic rings. The number of aromatic nitrogens is 1. The van der Waals surface area contributed by atoms with Crippen LogP contribution in [0.2, 0.25) is 0 Å². The highest BCUT2D eigenvalue weighted by Gasteiger charge is 2.33. The molecule has 19 heavy (non-hydrogen) atoms. The molecule has 0 saturated heterocycles. The van der Waals surface area contributed by atoms with Gasteiger partial charge in [0.1, 0.15) is 0 Å². The average molecular weight is 258 g/mol. The molecule has 0 fully saturated rings. The fraction of sp³-hybridized carbons (Fsp3) is 0.467. The van der Waals surface area contributed by atoms with E-state index in [1.807, 2.05) is 0 Å². The lowest BCUT2D eigenvalue weighted by molar-refractivity contribution is 0.0960. The van der Waals surface area contributed by atoms with Crippen molar-refractivity contribution in [1.82, 2.24) is 10.3 Å². The van der Waals surface area contributed by atoms with Crippen molar-refractivity contribution in [2.45, 2.75) is 32.1 Å². The molecule has 3 rings (SSSR count). The van der Waals surface area contributed by atoms with Crippen LogP contribution < -0.4 is 10.9 Å². The Kier molecular flexibility index (Phi) is 2.81. The maximum atomic E-state index is 12.0. The van der Waals surface area contributed by atoms with E-state index in [0.717, 1.165) is 30.5 Å². The fourth-order valence-corrected chi connectivity index (χ4v) is 3.57. The van der Waals surface area contributed by atoms with Crippen LogP contribution in [0.3, 0.4) is 0 Å². The monoisotopic (exact) mass is 258 g/mol. The van der Waals surface area contributed by atoms with Crippen molar-refractivity contribution in [3.63, 3.8) is 0 Å². The Morgan fingerprint density at radius 1 is 1.42 bits per heavy atom. The number of amides is 1. The Labute approximate surface area is 111 Å². The molecule has 1 amide bonds. The van der Waals surface area contributed by atoms with Crippen molar-refractivity contribution in [2.24, 2.45) is 5.92 Å². The molecule has 4 heteroatoms. The van der Waals surface area contributed by atoms with Crippen LogP contribution in [0.15, 0.2) is 22.5 Å². The Morgan fingerprint density at radius 2 is 2.21 bits per heavy atom. The van der Waals surface area contributed by atoms with Gasteiger partial charge in [0.15, 0.2) is 0 Å². The molecule has 0 unspecified atom stereocenters. The first-order valence-corrected chi connectivity index (χ1v) is 6.74. The molecule has 0 radical (unpaired) electrons. The third-order valence-electron chi connectivity index (χ3n) is 4.19. The van der Waals surface area contributed by atoms with E-state index in [-0.39, 0.29) is 11.5 Å². The number of allylic oxidation sites excluding steroid dienone is 2. The number of rotatable bonds is 1. The number of hydrogen-bond donors (Lipinski definition) is 2. The topological polar surface area (TPSA) is 62.0 Å². The summed E-state index contributed by atoms with van der Waals surface area (Å²) in [6.45, 7) is 2.15. The molecular formula is C15H18N2O2. The molecule has 0 aliphatic heterocycles. The normalized spacial score (nSPS) is 24.4. The fourth-order valence-electron chi connectivity index (χ4n) is 3.57. The standard InChI is InChI=1S/C15H18N2O2/c1-8-3-9-5-10(4-8)14-11(15(19)16-2)7-13(18)17-12(14)6-9/h3,7,9-10H,4-6H2,1-2H3,(H,16,19)(H,17,18)/t9-,10+/m0/s1. The van der Waals surface area contributed by atoms with Crippen molar-refractivity contribution < 1.29 is 4.79 Å². The van der Waals surface area contributed by atoms with E-state index >= 15 is 0 Å². The summed E-state index contributed by atoms with van der Waals surface area (Å²) >= 11 is 0. The van der Waals surface area contributed by atoms with E-state index in [9.17, 15) is 9.59 Å². The van der Waals surface area contributed by atoms with Gasteiger partial charge in [0, 0.05) is 24.4 Å². The van der Waals surface area contributed by atoms with E-state index in [0.29, 0.717) is 17.4 Å². The van der Waals surface area contributed by atoms with Gasteiger partial charge in [0.25, 0.3) is 5.91 Å². The minimum Gasteiger partial charge on any atom is -0.355 e. The van der Waals surface area contributed by atoms with Crippen LogP contribution in [-0.2, 0) is 6.42 Å². The number of carbonyl (C=O) groups excluding carboxylic acids is 1. The van der Waals surface area contributed by atoms with Crippen molar-refractivity contribution in [1.29, 1.82) is 0 Å². The molecule has 1 heterocycles. The van der Waals surface area contributed by atoms with Crippen molar-refractivity contribution in [2.75, 3.05) is 7.05 Å². The smallest absolute Gasteiger partial charge is 0.251 e. The zero-order chi connectivity index (χ0) is 13.6. The van der Waals surface area contributed by atoms with Gasteiger partial charge in [-0.15, -0.1) is 0 Å². The summed E-state index contributed by atoms with van der Waals surface area (Å²) in [7, 11) is 1.60. The predicted molar refractivity (Wildman–Crippen MR) is 73.4 cm³/mol. The van der Waals surface area contributed by atoms with Crippen LogP contribution in [-0.4, -0.2) is 17.9 Å². The van der Waals surface area contributed by atoms with Crippen molar-refractivity contribution in [3.05, 3.63) is 44.9 Å². The number of fused-ring (bicyclic) bond motifs is 4. The molecular weight excluding hydrogens is 240 g/mol. The minimum atomic E-state index is -0.182. The highest BCUT2D eigenvalue weighted by atomic mass is 16.2. The Balaban J connectivity index is 2.17. The van der Waals surface area contributed by atoms with Gasteiger partial charge in [0.05, 0.1) is 0 Å². The zero-order valence-corrected chi connectivity index (χ0v) is 11.2. The molecule has 4 nitrogen and oxygen atoms in total. The molecule has 0 aromatic carbocycles. The summed E-state index contributed by atoms with van der Waals surface area (Å²) in [5, 5.41) is 2.64. The summed E-state index contributed by atoms with van der Waals surface area (Å²) in [5.41, 5.74) is 3.78. The first kappa shape index (κ1) is 12.2. The SMILES string of the molecule is CNC(=O)c1cc(=O)[nH]c2c1[C@@H]1CC(C)=C[C@H](C2)C1. The largest absolute Gasteiger partial charge is 0.355 e. The maximum absolute atomic E-state index is 12.0. The van der Waals surface area contributed by atoms with Gasteiger partial charge in [-0.1, -0.05) is 11.6 Å². The van der Waals surface area contributed by atoms with Gasteiger partial charge in [-0.25, -0.2) is 0 Å². The molecule has 2 N–H and O–H groups in total. The quantitative estimate of drug-likeness (QED) is 0.754. The van der Waals surface area contributed by atoms with E-state index in [4.69, 9.17) is 0 Å². The second-order valence-electron chi connectivity index (χ2n) is 5.63. The number of carbonyl (C=O) groups is 1. The summed E-state index contributed by atoms with van der Waals surface area (Å²) in [6.07, 6.45) is 5.22. The van der Waals surface area contributed by atoms with Gasteiger partial charge in [-0.2, -0.15) is 0 Å². The van der Waals surface area contributed by atoms with Gasteiger partial charge < -0.3 is 10.3 Å². The van der Waals surface area contributed by atoms with Crippen LogP contribution in [0.4, 0.5) is 0 Å². The predicted octanol–water partition coefficient (Wildman–Crippen LogP) is 1.73. The second kappa shape index (κ2) is 4.37. The third-order valence-corrected chi connectivity index (χ3v) is 4.19. The molecule has 2 bridgehead atoms. The Hall–Kier alpha value is -1.84. The van der Waals surface area contributed by atoms with E-state index in [1.54, 1.807) is 7.05 Å².